The Labute approximate surface area is 551 Å². The molecule has 1 aromatic heterocycles. The Morgan fingerprint density at radius 2 is 1.18 bits per heavy atom. The van der Waals surface area contributed by atoms with Crippen LogP contribution in [0.5, 0.6) is 5.75 Å². The number of amides is 6. The molecule has 6 rings (SSSR count). The van der Waals surface area contributed by atoms with Gasteiger partial charge in [0.2, 0.25) is 11.8 Å². The van der Waals surface area contributed by atoms with Gasteiger partial charge in [0.25, 0.3) is 5.91 Å². The van der Waals surface area contributed by atoms with Crippen molar-refractivity contribution < 1.29 is 71.6 Å². The first kappa shape index (κ1) is 73.9. The van der Waals surface area contributed by atoms with Gasteiger partial charge < -0.3 is 55.0 Å². The molecule has 1 aliphatic rings. The lowest BCUT2D eigenvalue weighted by molar-refractivity contribution is -0.158. The molecular formula is C71H96N8O15. The monoisotopic (exact) mass is 1300 g/mol. The van der Waals surface area contributed by atoms with Crippen LogP contribution in [-0.2, 0) is 67.3 Å². The Morgan fingerprint density at radius 1 is 0.585 bits per heavy atom. The van der Waals surface area contributed by atoms with Crippen LogP contribution in [-0.4, -0.2) is 112 Å². The maximum absolute atomic E-state index is 14.5. The predicted octanol–water partition coefficient (Wildman–Crippen LogP) is 11.0. The number of carbonyl (C=O) groups is 9. The number of hydrogen-bond acceptors (Lipinski definition) is 16. The number of rotatable bonds is 27. The zero-order valence-corrected chi connectivity index (χ0v) is 56.7. The third-order valence-corrected chi connectivity index (χ3v) is 14.8. The molecule has 0 radical (unpaired) electrons. The van der Waals surface area contributed by atoms with E-state index in [-0.39, 0.29) is 63.0 Å². The van der Waals surface area contributed by atoms with Crippen LogP contribution in [0.2, 0.25) is 0 Å². The third-order valence-electron chi connectivity index (χ3n) is 14.8. The van der Waals surface area contributed by atoms with E-state index < -0.39 is 88.5 Å². The SMILES string of the molecule is Cc1ccc(COc2ccc(COC(=O)C(CCCCNC(=O)C(Cc3cn(C(=O)OC(C)(C)C)c4ccccc34)NC(=O)C3CCC(CNC(=O)c4ccc(NNC(=O)OC(C)(C)C)cc4)CC3)NC(=O)NC(CCC(=O)OC(C)(C)C)C(=O)OC(C)(C)C)cc2)cc1. The number of nitrogens with one attached hydrogen (secondary N) is 7. The minimum atomic E-state index is -1.30. The maximum atomic E-state index is 14.5. The first-order chi connectivity index (χ1) is 44.2. The number of unbranched alkanes of at least 4 members (excludes halogenated alkanes) is 1. The number of nitrogens with zero attached hydrogens (tertiary/aromatic N) is 1. The van der Waals surface area contributed by atoms with Gasteiger partial charge in [-0.25, -0.2) is 29.4 Å². The highest BCUT2D eigenvalue weighted by atomic mass is 16.6. The lowest BCUT2D eigenvalue weighted by Crippen LogP contribution is -2.52. The number of carbonyl (C=O) groups excluding carboxylic acids is 9. The van der Waals surface area contributed by atoms with Crippen molar-refractivity contribution in [2.24, 2.45) is 11.8 Å². The van der Waals surface area contributed by atoms with E-state index in [0.29, 0.717) is 84.3 Å². The Kier molecular flexibility index (Phi) is 26.4. The Bertz CT molecular complexity index is 3380. The second-order valence-corrected chi connectivity index (χ2v) is 27.7. The number of hydrogen-bond donors (Lipinski definition) is 7. The van der Waals surface area contributed by atoms with E-state index in [2.05, 4.69) is 37.4 Å². The van der Waals surface area contributed by atoms with E-state index in [0.717, 1.165) is 11.1 Å². The first-order valence-corrected chi connectivity index (χ1v) is 32.1. The van der Waals surface area contributed by atoms with Crippen molar-refractivity contribution in [2.75, 3.05) is 18.5 Å². The molecule has 0 bridgehead atoms. The van der Waals surface area contributed by atoms with Gasteiger partial charge in [0, 0.05) is 49.0 Å². The molecule has 1 heterocycles. The van der Waals surface area contributed by atoms with Gasteiger partial charge in [0.1, 0.15) is 59.5 Å². The number of esters is 3. The van der Waals surface area contributed by atoms with Crippen LogP contribution in [0.4, 0.5) is 20.1 Å². The zero-order chi connectivity index (χ0) is 69.0. The van der Waals surface area contributed by atoms with Crippen molar-refractivity contribution in [3.63, 3.8) is 0 Å². The summed E-state index contributed by atoms with van der Waals surface area (Å²) in [5, 5.41) is 14.9. The summed E-state index contributed by atoms with van der Waals surface area (Å²) in [4.78, 5) is 122. The second-order valence-electron chi connectivity index (χ2n) is 27.7. The van der Waals surface area contributed by atoms with Gasteiger partial charge in [-0.3, -0.25) is 29.2 Å². The minimum absolute atomic E-state index is 0.00471. The molecule has 510 valence electrons. The maximum Gasteiger partial charge on any atom is 0.426 e. The highest BCUT2D eigenvalue weighted by Gasteiger charge is 2.33. The largest absolute Gasteiger partial charge is 0.489 e. The zero-order valence-electron chi connectivity index (χ0n) is 56.7. The van der Waals surface area contributed by atoms with Crippen molar-refractivity contribution in [3.8, 4) is 5.75 Å². The Morgan fingerprint density at radius 3 is 1.81 bits per heavy atom. The smallest absolute Gasteiger partial charge is 0.426 e. The summed E-state index contributed by atoms with van der Waals surface area (Å²) in [5.41, 5.74) is 6.93. The summed E-state index contributed by atoms with van der Waals surface area (Å²) in [6.45, 7) is 23.4. The fourth-order valence-corrected chi connectivity index (χ4v) is 10.2. The summed E-state index contributed by atoms with van der Waals surface area (Å²) in [5.74, 6) is -2.99. The minimum Gasteiger partial charge on any atom is -0.489 e. The van der Waals surface area contributed by atoms with Gasteiger partial charge in [-0.15, -0.1) is 0 Å². The fourth-order valence-electron chi connectivity index (χ4n) is 10.2. The van der Waals surface area contributed by atoms with Crippen molar-refractivity contribution in [2.45, 2.75) is 208 Å². The number of aryl methyl sites for hydroxylation is 1. The molecule has 3 atom stereocenters. The normalized spacial score (nSPS) is 15.2. The summed E-state index contributed by atoms with van der Waals surface area (Å²) < 4.78 is 35.1. The molecule has 0 saturated heterocycles. The number of aromatic nitrogens is 1. The van der Waals surface area contributed by atoms with Crippen LogP contribution in [0.1, 0.15) is 173 Å². The van der Waals surface area contributed by atoms with E-state index in [1.807, 2.05) is 43.3 Å². The number of para-hydroxylation sites is 1. The Balaban J connectivity index is 1.11. The second kappa shape index (κ2) is 33.6. The molecule has 0 aliphatic heterocycles. The summed E-state index contributed by atoms with van der Waals surface area (Å²) in [6.07, 6.45) is 2.85. The number of fused-ring (bicyclic) bond motifs is 1. The van der Waals surface area contributed by atoms with Gasteiger partial charge in [0.15, 0.2) is 0 Å². The molecule has 3 unspecified atom stereocenters. The predicted molar refractivity (Wildman–Crippen MR) is 355 cm³/mol. The van der Waals surface area contributed by atoms with Crippen LogP contribution < -0.4 is 42.2 Å². The van der Waals surface area contributed by atoms with E-state index in [1.54, 1.807) is 150 Å². The van der Waals surface area contributed by atoms with Crippen LogP contribution in [0, 0.1) is 18.8 Å². The van der Waals surface area contributed by atoms with Gasteiger partial charge in [-0.1, -0.05) is 60.2 Å². The molecule has 5 aromatic rings. The van der Waals surface area contributed by atoms with Crippen LogP contribution in [0.25, 0.3) is 10.9 Å². The molecule has 1 saturated carbocycles. The standard InChI is InChI=1S/C71H96N8O15/c1-45-21-23-47(24-22-45)43-89-53-35-27-48(28-36-53)44-90-63(84)55(75-65(86)76-56(64(85)92-69(5,6)7)37-38-59(80)91-68(2,3)4)19-16-17-39-72-62(83)57(40-51-42-79(67(88)94-71(11,12)13)58-20-15-14-18-54(51)58)74-61(82)50-29-25-46(26-30-50)41-73-60(81)49-31-33-52(34-32-49)77-78-66(87)93-70(8,9)10/h14-15,18,20-24,27-28,31-36,42,46,50,55-57,77H,16-17,19,25-26,29-30,37-41,43-44H2,1-13H3,(H,72,83)(H,73,81)(H,74,82)(H,78,87)(H2,75,76,86). The highest BCUT2D eigenvalue weighted by molar-refractivity contribution is 5.95. The number of benzene rings is 4. The molecule has 94 heavy (non-hydrogen) atoms. The van der Waals surface area contributed by atoms with Gasteiger partial charge in [0.05, 0.1) is 11.2 Å². The molecule has 23 heteroatoms. The van der Waals surface area contributed by atoms with E-state index in [9.17, 15) is 43.2 Å². The van der Waals surface area contributed by atoms with Gasteiger partial charge in [-0.2, -0.15) is 0 Å². The fraction of sp³-hybridized carbons (Fsp3) is 0.507. The lowest BCUT2D eigenvalue weighted by atomic mass is 9.81. The lowest BCUT2D eigenvalue weighted by Gasteiger charge is -2.29. The van der Waals surface area contributed by atoms with Crippen LogP contribution in [0.15, 0.2) is 103 Å². The van der Waals surface area contributed by atoms with Crippen molar-refractivity contribution in [3.05, 3.63) is 131 Å². The summed E-state index contributed by atoms with van der Waals surface area (Å²) in [6, 6.07) is 24.3. The number of hydrazine groups is 1. The molecule has 23 nitrogen and oxygen atoms in total. The number of urea groups is 1. The van der Waals surface area contributed by atoms with Gasteiger partial charge in [-0.05, 0) is 206 Å². The molecule has 6 amide bonds. The third kappa shape index (κ3) is 25.7. The molecular weight excluding hydrogens is 1200 g/mol. The average Bonchev–Trinajstić information content (AvgIpc) is 1.64. The Hall–Kier alpha value is -9.15. The molecule has 4 aromatic carbocycles. The van der Waals surface area contributed by atoms with E-state index in [4.69, 9.17) is 28.4 Å². The number of anilines is 1. The van der Waals surface area contributed by atoms with E-state index >= 15 is 0 Å². The summed E-state index contributed by atoms with van der Waals surface area (Å²) >= 11 is 0. The summed E-state index contributed by atoms with van der Waals surface area (Å²) in [7, 11) is 0. The topological polar surface area (TPSA) is 298 Å². The van der Waals surface area contributed by atoms with Crippen molar-refractivity contribution >= 4 is 70.4 Å². The quantitative estimate of drug-likeness (QED) is 0.0111. The molecule has 1 aliphatic carbocycles. The van der Waals surface area contributed by atoms with Gasteiger partial charge >= 0.3 is 36.1 Å². The first-order valence-electron chi connectivity index (χ1n) is 32.1. The molecule has 7 N–H and O–H groups in total. The van der Waals surface area contributed by atoms with Crippen molar-refractivity contribution in [1.82, 2.24) is 36.6 Å². The molecule has 0 spiro atoms. The van der Waals surface area contributed by atoms with Crippen molar-refractivity contribution in [1.29, 1.82) is 0 Å². The van der Waals surface area contributed by atoms with E-state index in [1.165, 1.54) is 4.57 Å². The van der Waals surface area contributed by atoms with Crippen LogP contribution >= 0.6 is 0 Å². The molecule has 1 fully saturated rings. The highest BCUT2D eigenvalue weighted by Crippen LogP contribution is 2.30. The van der Waals surface area contributed by atoms with Crippen LogP contribution in [0.3, 0.4) is 0 Å². The average molecular weight is 1300 g/mol. The number of ether oxygens (including phenoxy) is 6.